The third kappa shape index (κ3) is 5.22. The van der Waals surface area contributed by atoms with Crippen LogP contribution in [0.3, 0.4) is 0 Å². The molecule has 0 bridgehead atoms. The smallest absolute Gasteiger partial charge is 0.222 e. The van der Waals surface area contributed by atoms with E-state index in [4.69, 9.17) is 4.74 Å². The zero-order valence-corrected chi connectivity index (χ0v) is 17.0. The quantitative estimate of drug-likeness (QED) is 0.704. The highest BCUT2D eigenvalue weighted by molar-refractivity contribution is 9.10. The fraction of sp³-hybridized carbons (Fsp3) is 0.381. The van der Waals surface area contributed by atoms with E-state index in [0.29, 0.717) is 29.4 Å². The number of benzene rings is 2. The fourth-order valence-corrected chi connectivity index (χ4v) is 3.68. The average Bonchev–Trinajstić information content (AvgIpc) is 2.93. The molecule has 1 amide bonds. The number of rotatable bonds is 5. The third-order valence-corrected chi connectivity index (χ3v) is 5.40. The zero-order chi connectivity index (χ0) is 19.2. The van der Waals surface area contributed by atoms with Crippen molar-refractivity contribution in [3.8, 4) is 5.75 Å². The molecule has 0 aromatic heterocycles. The van der Waals surface area contributed by atoms with E-state index in [-0.39, 0.29) is 11.7 Å². The van der Waals surface area contributed by atoms with Crippen molar-refractivity contribution in [2.45, 2.75) is 19.3 Å². The van der Waals surface area contributed by atoms with Crippen LogP contribution >= 0.6 is 15.9 Å². The van der Waals surface area contributed by atoms with Crippen LogP contribution in [0.4, 0.5) is 10.1 Å². The summed E-state index contributed by atoms with van der Waals surface area (Å²) >= 11 is 3.25. The highest BCUT2D eigenvalue weighted by Gasteiger charge is 2.19. The molecule has 0 atom stereocenters. The maximum Gasteiger partial charge on any atom is 0.222 e. The van der Waals surface area contributed by atoms with Gasteiger partial charge in [0, 0.05) is 42.8 Å². The predicted octanol–water partition coefficient (Wildman–Crippen LogP) is 4.27. The lowest BCUT2D eigenvalue weighted by Gasteiger charge is -2.24. The Labute approximate surface area is 168 Å². The van der Waals surface area contributed by atoms with E-state index in [1.54, 1.807) is 13.2 Å². The molecule has 1 aliphatic rings. The van der Waals surface area contributed by atoms with Crippen molar-refractivity contribution in [1.82, 2.24) is 4.90 Å². The lowest BCUT2D eigenvalue weighted by atomic mass is 10.1. The summed E-state index contributed by atoms with van der Waals surface area (Å²) in [5, 5.41) is 0. The molecule has 4 nitrogen and oxygen atoms in total. The van der Waals surface area contributed by atoms with Gasteiger partial charge in [0.15, 0.2) is 0 Å². The Morgan fingerprint density at radius 1 is 1.11 bits per heavy atom. The number of halogens is 2. The monoisotopic (exact) mass is 434 g/mol. The van der Waals surface area contributed by atoms with E-state index >= 15 is 0 Å². The van der Waals surface area contributed by atoms with Crippen molar-refractivity contribution < 1.29 is 13.9 Å². The number of amides is 1. The van der Waals surface area contributed by atoms with Crippen LogP contribution in [0.1, 0.15) is 18.4 Å². The van der Waals surface area contributed by atoms with E-state index in [9.17, 15) is 9.18 Å². The highest BCUT2D eigenvalue weighted by atomic mass is 79.9. The molecule has 0 spiro atoms. The van der Waals surface area contributed by atoms with Gasteiger partial charge in [-0.1, -0.05) is 22.0 Å². The van der Waals surface area contributed by atoms with Crippen molar-refractivity contribution in [1.29, 1.82) is 0 Å². The molecule has 2 aromatic carbocycles. The van der Waals surface area contributed by atoms with Gasteiger partial charge in [-0.05, 0) is 54.8 Å². The first kappa shape index (κ1) is 19.7. The molecule has 0 N–H and O–H groups in total. The van der Waals surface area contributed by atoms with Crippen LogP contribution in [-0.2, 0) is 11.2 Å². The molecule has 1 heterocycles. The second kappa shape index (κ2) is 9.22. The summed E-state index contributed by atoms with van der Waals surface area (Å²) in [5.41, 5.74) is 1.73. The molecule has 0 radical (unpaired) electrons. The average molecular weight is 435 g/mol. The minimum Gasteiger partial charge on any atom is -0.497 e. The van der Waals surface area contributed by atoms with E-state index < -0.39 is 0 Å². The minimum atomic E-state index is -0.265. The van der Waals surface area contributed by atoms with E-state index in [1.165, 1.54) is 6.07 Å². The van der Waals surface area contributed by atoms with Crippen LogP contribution in [0.2, 0.25) is 0 Å². The number of anilines is 1. The summed E-state index contributed by atoms with van der Waals surface area (Å²) in [7, 11) is 1.66. The Bertz CT molecular complexity index is 782. The summed E-state index contributed by atoms with van der Waals surface area (Å²) in [6.07, 6.45) is 1.68. The van der Waals surface area contributed by atoms with Crippen LogP contribution < -0.4 is 9.64 Å². The Balaban J connectivity index is 1.54. The van der Waals surface area contributed by atoms with Gasteiger partial charge >= 0.3 is 0 Å². The highest BCUT2D eigenvalue weighted by Crippen LogP contribution is 2.21. The molecular weight excluding hydrogens is 411 g/mol. The van der Waals surface area contributed by atoms with Gasteiger partial charge in [-0.15, -0.1) is 0 Å². The van der Waals surface area contributed by atoms with E-state index in [1.807, 2.05) is 35.2 Å². The number of aryl methyl sites for hydroxylation is 1. The number of nitrogens with zero attached hydrogens (tertiary/aromatic N) is 2. The van der Waals surface area contributed by atoms with Gasteiger partial charge in [-0.3, -0.25) is 4.79 Å². The van der Waals surface area contributed by atoms with Crippen molar-refractivity contribution in [2.75, 3.05) is 38.2 Å². The maximum atomic E-state index is 13.9. The topological polar surface area (TPSA) is 32.8 Å². The van der Waals surface area contributed by atoms with Crippen molar-refractivity contribution in [3.05, 3.63) is 58.3 Å². The number of carbonyl (C=O) groups excluding carboxylic acids is 1. The molecule has 0 aliphatic carbocycles. The number of methoxy groups -OCH3 is 1. The Hall–Kier alpha value is -2.08. The van der Waals surface area contributed by atoms with Crippen LogP contribution in [0, 0.1) is 5.82 Å². The number of ether oxygens (including phenoxy) is 1. The first-order chi connectivity index (χ1) is 13.1. The lowest BCUT2D eigenvalue weighted by molar-refractivity contribution is -0.130. The lowest BCUT2D eigenvalue weighted by Crippen LogP contribution is -2.35. The van der Waals surface area contributed by atoms with Crippen LogP contribution in [0.5, 0.6) is 5.75 Å². The van der Waals surface area contributed by atoms with Crippen LogP contribution in [0.15, 0.2) is 46.9 Å². The third-order valence-electron chi connectivity index (χ3n) is 4.91. The molecule has 1 fully saturated rings. The number of hydrogen-bond donors (Lipinski definition) is 0. The molecule has 27 heavy (non-hydrogen) atoms. The number of carbonyl (C=O) groups is 1. The molecule has 1 saturated heterocycles. The summed E-state index contributed by atoms with van der Waals surface area (Å²) in [6, 6.07) is 13.0. The molecule has 144 valence electrons. The molecule has 0 unspecified atom stereocenters. The Morgan fingerprint density at radius 2 is 1.89 bits per heavy atom. The van der Waals surface area contributed by atoms with E-state index in [2.05, 4.69) is 20.8 Å². The Kier molecular flexibility index (Phi) is 6.72. The van der Waals surface area contributed by atoms with Gasteiger partial charge in [0.2, 0.25) is 5.91 Å². The predicted molar refractivity (Wildman–Crippen MR) is 109 cm³/mol. The van der Waals surface area contributed by atoms with Crippen LogP contribution in [0.25, 0.3) is 0 Å². The van der Waals surface area contributed by atoms with Crippen molar-refractivity contribution >= 4 is 27.5 Å². The zero-order valence-electron chi connectivity index (χ0n) is 15.5. The standard InChI is InChI=1S/C21H24BrFN2O2/c1-27-19-8-6-18(7-9-19)24-11-2-12-25(14-13-24)21(26)10-4-16-3-5-17(22)15-20(16)23/h3,5-9,15H,2,4,10-14H2,1H3. The maximum absolute atomic E-state index is 13.9. The van der Waals surface area contributed by atoms with Gasteiger partial charge in [0.05, 0.1) is 7.11 Å². The number of hydrogen-bond acceptors (Lipinski definition) is 3. The van der Waals surface area contributed by atoms with Gasteiger partial charge < -0.3 is 14.5 Å². The first-order valence-corrected chi connectivity index (χ1v) is 9.97. The van der Waals surface area contributed by atoms with Crippen LogP contribution in [-0.4, -0.2) is 44.1 Å². The summed E-state index contributed by atoms with van der Waals surface area (Å²) < 4.78 is 19.8. The molecular formula is C21H24BrFN2O2. The second-order valence-electron chi connectivity index (χ2n) is 6.66. The van der Waals surface area contributed by atoms with Crippen molar-refractivity contribution in [2.24, 2.45) is 0 Å². The van der Waals surface area contributed by atoms with Gasteiger partial charge in [0.25, 0.3) is 0 Å². The second-order valence-corrected chi connectivity index (χ2v) is 7.57. The SMILES string of the molecule is COc1ccc(N2CCCN(C(=O)CCc3ccc(Br)cc3F)CC2)cc1. The molecule has 2 aromatic rings. The summed E-state index contributed by atoms with van der Waals surface area (Å²) in [6.45, 7) is 3.14. The largest absolute Gasteiger partial charge is 0.497 e. The van der Waals surface area contributed by atoms with Crippen molar-refractivity contribution in [3.63, 3.8) is 0 Å². The molecule has 1 aliphatic heterocycles. The van der Waals surface area contributed by atoms with Gasteiger partial charge in [-0.2, -0.15) is 0 Å². The van der Waals surface area contributed by atoms with E-state index in [0.717, 1.165) is 37.5 Å². The van der Waals surface area contributed by atoms with Gasteiger partial charge in [0.1, 0.15) is 11.6 Å². The normalized spacial score (nSPS) is 14.8. The fourth-order valence-electron chi connectivity index (χ4n) is 3.34. The molecule has 0 saturated carbocycles. The van der Waals surface area contributed by atoms with Gasteiger partial charge in [-0.25, -0.2) is 4.39 Å². The summed E-state index contributed by atoms with van der Waals surface area (Å²) in [4.78, 5) is 16.8. The first-order valence-electron chi connectivity index (χ1n) is 9.17. The molecule has 6 heteroatoms. The minimum absolute atomic E-state index is 0.0916. The Morgan fingerprint density at radius 3 is 2.59 bits per heavy atom. The molecule has 3 rings (SSSR count). The summed E-state index contributed by atoms with van der Waals surface area (Å²) in [5.74, 6) is 0.665.